The molecule has 0 aliphatic rings. The Balaban J connectivity index is 2.20. The smallest absolute Gasteiger partial charge is 0.146 e. The lowest BCUT2D eigenvalue weighted by molar-refractivity contribution is 0.302. The molecule has 3 nitrogen and oxygen atoms in total. The molecule has 0 aliphatic carbocycles. The first-order chi connectivity index (χ1) is 9.61. The average molecular weight is 514 g/mol. The van der Waals surface area contributed by atoms with Crippen LogP contribution in [-0.2, 0) is 6.61 Å². The van der Waals surface area contributed by atoms with Crippen LogP contribution in [0.25, 0.3) is 0 Å². The summed E-state index contributed by atoms with van der Waals surface area (Å²) in [6, 6.07) is 11.4. The number of hydrogen-bond donors (Lipinski definition) is 1. The normalized spacial score (nSPS) is 10.9. The highest BCUT2D eigenvalue weighted by Gasteiger charge is 2.09. The van der Waals surface area contributed by atoms with Crippen LogP contribution in [0.4, 0.5) is 0 Å². The summed E-state index contributed by atoms with van der Waals surface area (Å²) in [4.78, 5) is 0. The van der Waals surface area contributed by atoms with Crippen molar-refractivity contribution in [2.45, 2.75) is 6.61 Å². The lowest BCUT2D eigenvalue weighted by Gasteiger charge is -2.12. The quantitative estimate of drug-likeness (QED) is 0.273. The molecule has 0 heterocycles. The van der Waals surface area contributed by atoms with E-state index in [1.54, 1.807) is 0 Å². The Morgan fingerprint density at radius 1 is 1.20 bits per heavy atom. The maximum Gasteiger partial charge on any atom is 0.146 e. The fourth-order valence-electron chi connectivity index (χ4n) is 1.62. The lowest BCUT2D eigenvalue weighted by Crippen LogP contribution is -2.00. The molecule has 0 aromatic heterocycles. The Morgan fingerprint density at radius 2 is 1.85 bits per heavy atom. The van der Waals surface area contributed by atoms with Crippen LogP contribution in [0.2, 0.25) is 5.02 Å². The summed E-state index contributed by atoms with van der Waals surface area (Å²) in [6.45, 7) is 0.416. The van der Waals surface area contributed by atoms with Crippen molar-refractivity contribution in [2.75, 3.05) is 0 Å². The second-order valence-electron chi connectivity index (χ2n) is 3.94. The van der Waals surface area contributed by atoms with Crippen molar-refractivity contribution in [3.8, 4) is 5.75 Å². The van der Waals surface area contributed by atoms with E-state index in [0.717, 1.165) is 24.0 Å². The van der Waals surface area contributed by atoms with E-state index in [4.69, 9.17) is 21.5 Å². The second kappa shape index (κ2) is 7.46. The van der Waals surface area contributed by atoms with E-state index in [2.05, 4.69) is 50.3 Å². The molecule has 0 fully saturated rings. The zero-order valence-corrected chi connectivity index (χ0v) is 15.3. The summed E-state index contributed by atoms with van der Waals surface area (Å²) in [5, 5.41) is 12.3. The summed E-state index contributed by atoms with van der Waals surface area (Å²) in [5.74, 6) is 0.807. The molecule has 2 aromatic rings. The van der Waals surface area contributed by atoms with E-state index in [-0.39, 0.29) is 0 Å². The van der Waals surface area contributed by atoms with Gasteiger partial charge in [-0.05, 0) is 68.9 Å². The maximum atomic E-state index is 8.57. The van der Waals surface area contributed by atoms with E-state index < -0.39 is 0 Å². The predicted molar refractivity (Wildman–Crippen MR) is 97.0 cm³/mol. The van der Waals surface area contributed by atoms with Crippen LogP contribution in [0, 0.1) is 7.14 Å². The monoisotopic (exact) mass is 513 g/mol. The summed E-state index contributed by atoms with van der Waals surface area (Å²) in [7, 11) is 0. The van der Waals surface area contributed by atoms with Gasteiger partial charge in [0.25, 0.3) is 0 Å². The largest absolute Gasteiger partial charge is 0.487 e. The van der Waals surface area contributed by atoms with E-state index in [1.165, 1.54) is 6.21 Å². The van der Waals surface area contributed by atoms with Gasteiger partial charge in [0.05, 0.1) is 13.4 Å². The Hall–Kier alpha value is -0.540. The van der Waals surface area contributed by atoms with Crippen molar-refractivity contribution in [1.82, 2.24) is 0 Å². The summed E-state index contributed by atoms with van der Waals surface area (Å²) in [5.41, 5.74) is 1.77. The number of benzene rings is 2. The minimum absolute atomic E-state index is 0.416. The van der Waals surface area contributed by atoms with Crippen LogP contribution < -0.4 is 4.74 Å². The van der Waals surface area contributed by atoms with E-state index in [1.807, 2.05) is 36.4 Å². The molecule has 0 spiro atoms. The van der Waals surface area contributed by atoms with Crippen LogP contribution in [0.3, 0.4) is 0 Å². The molecule has 0 saturated carbocycles. The minimum atomic E-state index is 0.416. The third kappa shape index (κ3) is 3.98. The molecule has 104 valence electrons. The molecule has 2 aromatic carbocycles. The highest BCUT2D eigenvalue weighted by atomic mass is 127. The fraction of sp³-hybridized carbons (Fsp3) is 0.0714. The van der Waals surface area contributed by atoms with Crippen molar-refractivity contribution < 1.29 is 9.94 Å². The summed E-state index contributed by atoms with van der Waals surface area (Å²) in [6.07, 6.45) is 1.39. The van der Waals surface area contributed by atoms with Crippen LogP contribution in [0.1, 0.15) is 11.1 Å². The van der Waals surface area contributed by atoms with Crippen LogP contribution in [0.15, 0.2) is 41.6 Å². The van der Waals surface area contributed by atoms with Gasteiger partial charge in [0, 0.05) is 10.6 Å². The number of oxime groups is 1. The Kier molecular flexibility index (Phi) is 5.91. The standard InChI is InChI=1S/C14H10ClI2NO2/c15-11-4-2-1-3-10(11)8-20-14-12(16)5-9(7-18-19)6-13(14)17/h1-7,19H,8H2/b18-7+. The van der Waals surface area contributed by atoms with Crippen molar-refractivity contribution in [3.63, 3.8) is 0 Å². The van der Waals surface area contributed by atoms with Gasteiger partial charge in [-0.3, -0.25) is 0 Å². The van der Waals surface area contributed by atoms with Gasteiger partial charge in [-0.25, -0.2) is 0 Å². The van der Waals surface area contributed by atoms with Crippen molar-refractivity contribution in [3.05, 3.63) is 59.7 Å². The average Bonchev–Trinajstić information content (AvgIpc) is 2.40. The molecular formula is C14H10ClI2NO2. The molecule has 0 bridgehead atoms. The highest BCUT2D eigenvalue weighted by Crippen LogP contribution is 2.30. The molecule has 0 unspecified atom stereocenters. The van der Waals surface area contributed by atoms with E-state index in [0.29, 0.717) is 11.6 Å². The van der Waals surface area contributed by atoms with E-state index in [9.17, 15) is 0 Å². The molecule has 0 atom stereocenters. The van der Waals surface area contributed by atoms with Gasteiger partial charge in [-0.2, -0.15) is 0 Å². The van der Waals surface area contributed by atoms with E-state index >= 15 is 0 Å². The third-order valence-electron chi connectivity index (χ3n) is 2.56. The van der Waals surface area contributed by atoms with Gasteiger partial charge in [0.2, 0.25) is 0 Å². The number of ether oxygens (including phenoxy) is 1. The molecule has 2 rings (SSSR count). The summed E-state index contributed by atoms with van der Waals surface area (Å²) >= 11 is 10.5. The van der Waals surface area contributed by atoms with Gasteiger partial charge >= 0.3 is 0 Å². The summed E-state index contributed by atoms with van der Waals surface area (Å²) < 4.78 is 7.77. The zero-order valence-electron chi connectivity index (χ0n) is 10.2. The molecule has 0 aliphatic heterocycles. The first kappa shape index (κ1) is 15.8. The number of halogens is 3. The molecule has 0 saturated heterocycles. The Labute approximate surface area is 149 Å². The topological polar surface area (TPSA) is 41.8 Å². The van der Waals surface area contributed by atoms with Crippen LogP contribution in [-0.4, -0.2) is 11.4 Å². The first-order valence-electron chi connectivity index (χ1n) is 5.64. The second-order valence-corrected chi connectivity index (χ2v) is 6.67. The van der Waals surface area contributed by atoms with Crippen LogP contribution in [0.5, 0.6) is 5.75 Å². The van der Waals surface area contributed by atoms with Gasteiger partial charge in [-0.1, -0.05) is 35.0 Å². The van der Waals surface area contributed by atoms with Crippen LogP contribution >= 0.6 is 56.8 Å². The minimum Gasteiger partial charge on any atom is -0.487 e. The van der Waals surface area contributed by atoms with Crippen molar-refractivity contribution in [1.29, 1.82) is 0 Å². The number of hydrogen-bond acceptors (Lipinski definition) is 3. The van der Waals surface area contributed by atoms with Crippen molar-refractivity contribution in [2.24, 2.45) is 5.16 Å². The van der Waals surface area contributed by atoms with Gasteiger partial charge < -0.3 is 9.94 Å². The molecule has 0 radical (unpaired) electrons. The van der Waals surface area contributed by atoms with Crippen molar-refractivity contribution >= 4 is 63.0 Å². The molecular weight excluding hydrogens is 503 g/mol. The number of nitrogens with zero attached hydrogens (tertiary/aromatic N) is 1. The fourth-order valence-corrected chi connectivity index (χ4v) is 3.94. The molecule has 1 N–H and O–H groups in total. The Morgan fingerprint density at radius 3 is 2.45 bits per heavy atom. The van der Waals surface area contributed by atoms with Gasteiger partial charge in [0.15, 0.2) is 0 Å². The number of rotatable bonds is 4. The SMILES string of the molecule is O/N=C/c1cc(I)c(OCc2ccccc2Cl)c(I)c1. The first-order valence-corrected chi connectivity index (χ1v) is 8.18. The predicted octanol–water partition coefficient (Wildman–Crippen LogP) is 4.94. The third-order valence-corrected chi connectivity index (χ3v) is 4.53. The maximum absolute atomic E-state index is 8.57. The zero-order chi connectivity index (χ0) is 14.5. The Bertz CT molecular complexity index is 624. The highest BCUT2D eigenvalue weighted by molar-refractivity contribution is 14.1. The molecule has 6 heteroatoms. The lowest BCUT2D eigenvalue weighted by atomic mass is 10.2. The molecule has 0 amide bonds. The van der Waals surface area contributed by atoms with Gasteiger partial charge in [0.1, 0.15) is 12.4 Å². The molecule has 20 heavy (non-hydrogen) atoms. The van der Waals surface area contributed by atoms with Gasteiger partial charge in [-0.15, -0.1) is 0 Å².